The number of pyridine rings is 2. The molecule has 126 valence electrons. The third-order valence-corrected chi connectivity index (χ3v) is 4.08. The molecule has 1 saturated carbocycles. The van der Waals surface area contributed by atoms with Crippen LogP contribution in [-0.2, 0) is 6.54 Å². The van der Waals surface area contributed by atoms with Crippen LogP contribution in [0.25, 0.3) is 5.52 Å². The first-order valence-electron chi connectivity index (χ1n) is 8.17. The number of nitrogens with one attached hydrogen (secondary N) is 2. The molecule has 0 unspecified atom stereocenters. The number of hydrogen-bond donors (Lipinski definition) is 2. The number of aromatic nitrogens is 3. The van der Waals surface area contributed by atoms with E-state index in [9.17, 15) is 9.59 Å². The Labute approximate surface area is 144 Å². The van der Waals surface area contributed by atoms with E-state index in [0.29, 0.717) is 12.1 Å². The van der Waals surface area contributed by atoms with Gasteiger partial charge in [-0.3, -0.25) is 19.0 Å². The van der Waals surface area contributed by atoms with Gasteiger partial charge in [0.15, 0.2) is 5.69 Å². The molecule has 0 atom stereocenters. The number of amides is 2. The molecular weight excluding hydrogens is 318 g/mol. The zero-order valence-corrected chi connectivity index (χ0v) is 13.5. The van der Waals surface area contributed by atoms with Gasteiger partial charge in [-0.15, -0.1) is 0 Å². The number of hydrogen-bond acceptors (Lipinski definition) is 4. The summed E-state index contributed by atoms with van der Waals surface area (Å²) in [6.45, 7) is 0.368. The van der Waals surface area contributed by atoms with E-state index in [4.69, 9.17) is 0 Å². The average molecular weight is 335 g/mol. The summed E-state index contributed by atoms with van der Waals surface area (Å²) in [5.74, 6) is -0.367. The molecular formula is C18H17N5O2. The van der Waals surface area contributed by atoms with Gasteiger partial charge >= 0.3 is 0 Å². The van der Waals surface area contributed by atoms with Crippen molar-refractivity contribution in [2.24, 2.45) is 0 Å². The minimum atomic E-state index is -0.330. The standard InChI is InChI=1S/C18H17N5O2/c24-17(21-13-4-5-13)15-14-3-1-2-10-23(14)16(22-15)18(25)20-11-12-6-8-19-9-7-12/h1-3,6-10,13H,4-5,11H2,(H,20,25)(H,21,24). The van der Waals surface area contributed by atoms with Crippen LogP contribution in [0.1, 0.15) is 39.5 Å². The SMILES string of the molecule is O=C(NC1CC1)c1nc(C(=O)NCc2ccncc2)n2ccccc12. The molecule has 3 aromatic heterocycles. The minimum absolute atomic E-state index is 0.200. The lowest BCUT2D eigenvalue weighted by Crippen LogP contribution is -2.27. The van der Waals surface area contributed by atoms with Crippen LogP contribution in [0.2, 0.25) is 0 Å². The highest BCUT2D eigenvalue weighted by atomic mass is 16.2. The Bertz CT molecular complexity index is 931. The van der Waals surface area contributed by atoms with Gasteiger partial charge in [-0.05, 0) is 42.7 Å². The van der Waals surface area contributed by atoms with Gasteiger partial charge in [0.1, 0.15) is 0 Å². The van der Waals surface area contributed by atoms with Gasteiger partial charge < -0.3 is 10.6 Å². The fourth-order valence-electron chi connectivity index (χ4n) is 2.61. The molecule has 7 nitrogen and oxygen atoms in total. The zero-order chi connectivity index (χ0) is 17.2. The topological polar surface area (TPSA) is 88.4 Å². The maximum Gasteiger partial charge on any atom is 0.287 e. The summed E-state index contributed by atoms with van der Waals surface area (Å²) in [7, 11) is 0. The Morgan fingerprint density at radius 3 is 2.68 bits per heavy atom. The summed E-state index contributed by atoms with van der Waals surface area (Å²) in [6.07, 6.45) is 7.07. The van der Waals surface area contributed by atoms with Gasteiger partial charge in [-0.2, -0.15) is 0 Å². The maximum absolute atomic E-state index is 12.6. The van der Waals surface area contributed by atoms with Crippen molar-refractivity contribution >= 4 is 17.3 Å². The minimum Gasteiger partial charge on any atom is -0.348 e. The fourth-order valence-corrected chi connectivity index (χ4v) is 2.61. The van der Waals surface area contributed by atoms with E-state index >= 15 is 0 Å². The van der Waals surface area contributed by atoms with E-state index in [1.807, 2.05) is 18.2 Å². The number of carbonyl (C=O) groups is 2. The zero-order valence-electron chi connectivity index (χ0n) is 13.5. The van der Waals surface area contributed by atoms with E-state index in [1.165, 1.54) is 0 Å². The third-order valence-electron chi connectivity index (χ3n) is 4.08. The quantitative estimate of drug-likeness (QED) is 0.740. The van der Waals surface area contributed by atoms with Crippen LogP contribution in [0.3, 0.4) is 0 Å². The largest absolute Gasteiger partial charge is 0.348 e. The van der Waals surface area contributed by atoms with Crippen molar-refractivity contribution in [1.82, 2.24) is 25.0 Å². The molecule has 1 fully saturated rings. The van der Waals surface area contributed by atoms with Gasteiger partial charge in [0.05, 0.1) is 5.52 Å². The number of imidazole rings is 1. The lowest BCUT2D eigenvalue weighted by molar-refractivity contribution is 0.0939. The summed E-state index contributed by atoms with van der Waals surface area (Å²) < 4.78 is 1.64. The third kappa shape index (κ3) is 3.21. The van der Waals surface area contributed by atoms with Crippen LogP contribution in [0, 0.1) is 0 Å². The first kappa shape index (κ1) is 15.3. The summed E-state index contributed by atoms with van der Waals surface area (Å²) in [5.41, 5.74) is 1.84. The van der Waals surface area contributed by atoms with Crippen LogP contribution in [0.5, 0.6) is 0 Å². The van der Waals surface area contributed by atoms with Crippen molar-refractivity contribution in [2.75, 3.05) is 0 Å². The lowest BCUT2D eigenvalue weighted by Gasteiger charge is -2.04. The van der Waals surface area contributed by atoms with Gasteiger partial charge in [0.25, 0.3) is 11.8 Å². The second-order valence-electron chi connectivity index (χ2n) is 6.03. The smallest absolute Gasteiger partial charge is 0.287 e. The molecule has 1 aliphatic carbocycles. The number of fused-ring (bicyclic) bond motifs is 1. The lowest BCUT2D eigenvalue weighted by atomic mass is 10.3. The van der Waals surface area contributed by atoms with Crippen molar-refractivity contribution in [3.63, 3.8) is 0 Å². The molecule has 0 radical (unpaired) electrons. The Morgan fingerprint density at radius 2 is 1.92 bits per heavy atom. The molecule has 3 heterocycles. The second kappa shape index (κ2) is 6.35. The van der Waals surface area contributed by atoms with E-state index < -0.39 is 0 Å². The summed E-state index contributed by atoms with van der Waals surface area (Å²) >= 11 is 0. The van der Waals surface area contributed by atoms with Crippen molar-refractivity contribution < 1.29 is 9.59 Å². The monoisotopic (exact) mass is 335 g/mol. The maximum atomic E-state index is 12.6. The molecule has 2 amide bonds. The average Bonchev–Trinajstić information content (AvgIpc) is 3.37. The number of rotatable bonds is 5. The van der Waals surface area contributed by atoms with Crippen molar-refractivity contribution in [2.45, 2.75) is 25.4 Å². The van der Waals surface area contributed by atoms with E-state index in [-0.39, 0.29) is 29.4 Å². The van der Waals surface area contributed by atoms with E-state index in [0.717, 1.165) is 18.4 Å². The van der Waals surface area contributed by atoms with Crippen molar-refractivity contribution in [1.29, 1.82) is 0 Å². The Kier molecular flexibility index (Phi) is 3.89. The van der Waals surface area contributed by atoms with Crippen LogP contribution in [0.4, 0.5) is 0 Å². The molecule has 1 aliphatic rings. The van der Waals surface area contributed by atoms with Gasteiger partial charge in [-0.25, -0.2) is 4.98 Å². The van der Waals surface area contributed by atoms with Crippen LogP contribution >= 0.6 is 0 Å². The van der Waals surface area contributed by atoms with Gasteiger partial charge in [0, 0.05) is 31.2 Å². The summed E-state index contributed by atoms with van der Waals surface area (Å²) in [5, 5.41) is 5.75. The molecule has 0 saturated heterocycles. The van der Waals surface area contributed by atoms with Crippen molar-refractivity contribution in [3.05, 3.63) is 66.0 Å². The molecule has 0 bridgehead atoms. The number of nitrogens with zero attached hydrogens (tertiary/aromatic N) is 3. The molecule has 4 rings (SSSR count). The van der Waals surface area contributed by atoms with E-state index in [2.05, 4.69) is 20.6 Å². The highest BCUT2D eigenvalue weighted by Gasteiger charge is 2.27. The second-order valence-corrected chi connectivity index (χ2v) is 6.03. The summed E-state index contributed by atoms with van der Waals surface area (Å²) in [4.78, 5) is 33.2. The Morgan fingerprint density at radius 1 is 1.12 bits per heavy atom. The van der Waals surface area contributed by atoms with Gasteiger partial charge in [-0.1, -0.05) is 6.07 Å². The normalized spacial score (nSPS) is 13.6. The molecule has 3 aromatic rings. The van der Waals surface area contributed by atoms with Crippen LogP contribution in [-0.4, -0.2) is 32.2 Å². The van der Waals surface area contributed by atoms with Crippen LogP contribution < -0.4 is 10.6 Å². The fraction of sp³-hybridized carbons (Fsp3) is 0.222. The molecule has 2 N–H and O–H groups in total. The van der Waals surface area contributed by atoms with E-state index in [1.54, 1.807) is 35.1 Å². The number of carbonyl (C=O) groups excluding carboxylic acids is 2. The predicted octanol–water partition coefficient (Wildman–Crippen LogP) is 1.55. The first-order valence-corrected chi connectivity index (χ1v) is 8.17. The molecule has 0 aliphatic heterocycles. The van der Waals surface area contributed by atoms with Gasteiger partial charge in [0.2, 0.25) is 5.82 Å². The highest BCUT2D eigenvalue weighted by Crippen LogP contribution is 2.20. The highest BCUT2D eigenvalue weighted by molar-refractivity contribution is 6.02. The molecule has 0 aromatic carbocycles. The van der Waals surface area contributed by atoms with Crippen molar-refractivity contribution in [3.8, 4) is 0 Å². The molecule has 25 heavy (non-hydrogen) atoms. The molecule has 7 heteroatoms. The Balaban J connectivity index is 1.60. The first-order chi connectivity index (χ1) is 12.2. The molecule has 0 spiro atoms. The van der Waals surface area contributed by atoms with Crippen LogP contribution in [0.15, 0.2) is 48.9 Å². The predicted molar refractivity (Wildman–Crippen MR) is 91.1 cm³/mol. The Hall–Kier alpha value is -3.22. The summed E-state index contributed by atoms with van der Waals surface area (Å²) in [6, 6.07) is 9.31.